The predicted molar refractivity (Wildman–Crippen MR) is 87.4 cm³/mol. The summed E-state index contributed by atoms with van der Waals surface area (Å²) >= 11 is 0. The van der Waals surface area contributed by atoms with Crippen LogP contribution >= 0.6 is 0 Å². The van der Waals surface area contributed by atoms with Crippen LogP contribution in [0.25, 0.3) is 11.3 Å². The van der Waals surface area contributed by atoms with Crippen LogP contribution in [-0.2, 0) is 12.8 Å². The van der Waals surface area contributed by atoms with Gasteiger partial charge in [0.15, 0.2) is 11.7 Å². The van der Waals surface area contributed by atoms with Gasteiger partial charge in [0.1, 0.15) is 0 Å². The van der Waals surface area contributed by atoms with E-state index in [2.05, 4.69) is 56.2 Å². The van der Waals surface area contributed by atoms with Crippen molar-refractivity contribution in [2.75, 3.05) is 6.54 Å². The Morgan fingerprint density at radius 3 is 2.67 bits per heavy atom. The summed E-state index contributed by atoms with van der Waals surface area (Å²) in [6.45, 7) is 9.68. The molecule has 0 amide bonds. The average Bonchev–Trinajstić information content (AvgIpc) is 2.91. The van der Waals surface area contributed by atoms with Gasteiger partial charge >= 0.3 is 0 Å². The zero-order valence-electron chi connectivity index (χ0n) is 13.6. The van der Waals surface area contributed by atoms with Crippen molar-refractivity contribution in [3.05, 3.63) is 41.9 Å². The number of aromatic nitrogens is 1. The van der Waals surface area contributed by atoms with Gasteiger partial charge in [-0.1, -0.05) is 31.2 Å². The normalized spacial score (nSPS) is 11.8. The minimum Gasteiger partial charge on any atom is -0.441 e. The van der Waals surface area contributed by atoms with Gasteiger partial charge in [0.25, 0.3) is 0 Å². The molecule has 0 saturated carbocycles. The van der Waals surface area contributed by atoms with Gasteiger partial charge in [0.05, 0.1) is 6.20 Å². The van der Waals surface area contributed by atoms with Crippen LogP contribution in [0.2, 0.25) is 0 Å². The van der Waals surface area contributed by atoms with E-state index in [-0.39, 0.29) is 5.54 Å². The zero-order valence-corrected chi connectivity index (χ0v) is 13.6. The van der Waals surface area contributed by atoms with Crippen molar-refractivity contribution in [3.63, 3.8) is 0 Å². The summed E-state index contributed by atoms with van der Waals surface area (Å²) < 4.78 is 5.91. The van der Waals surface area contributed by atoms with Crippen LogP contribution in [-0.4, -0.2) is 17.1 Å². The quantitative estimate of drug-likeness (QED) is 0.808. The topological polar surface area (TPSA) is 38.1 Å². The molecule has 114 valence electrons. The molecule has 0 bridgehead atoms. The molecular weight excluding hydrogens is 260 g/mol. The molecule has 0 aliphatic carbocycles. The molecule has 1 aromatic heterocycles. The van der Waals surface area contributed by atoms with Gasteiger partial charge in [-0.15, -0.1) is 0 Å². The lowest BCUT2D eigenvalue weighted by Gasteiger charge is -2.20. The maximum absolute atomic E-state index is 5.91. The van der Waals surface area contributed by atoms with Crippen LogP contribution in [0.1, 0.15) is 45.6 Å². The number of nitrogens with zero attached hydrogens (tertiary/aromatic N) is 1. The van der Waals surface area contributed by atoms with Gasteiger partial charge in [0, 0.05) is 17.5 Å². The van der Waals surface area contributed by atoms with E-state index in [0.717, 1.165) is 43.0 Å². The molecule has 0 radical (unpaired) electrons. The predicted octanol–water partition coefficient (Wildman–Crippen LogP) is 4.22. The highest BCUT2D eigenvalue weighted by atomic mass is 16.4. The first-order chi connectivity index (χ1) is 9.99. The average molecular weight is 286 g/mol. The highest BCUT2D eigenvalue weighted by Gasteiger charge is 2.11. The number of hydrogen-bond donors (Lipinski definition) is 1. The summed E-state index contributed by atoms with van der Waals surface area (Å²) in [5.41, 5.74) is 2.63. The van der Waals surface area contributed by atoms with E-state index in [0.29, 0.717) is 0 Å². The molecule has 2 aromatic rings. The summed E-state index contributed by atoms with van der Waals surface area (Å²) in [5.74, 6) is 1.71. The Bertz CT molecular complexity index is 567. The summed E-state index contributed by atoms with van der Waals surface area (Å²) in [6, 6.07) is 8.36. The monoisotopic (exact) mass is 286 g/mol. The van der Waals surface area contributed by atoms with Crippen LogP contribution in [0.3, 0.4) is 0 Å². The second-order valence-corrected chi connectivity index (χ2v) is 6.41. The second kappa shape index (κ2) is 6.90. The van der Waals surface area contributed by atoms with Crippen LogP contribution in [0, 0.1) is 0 Å². The van der Waals surface area contributed by atoms with Gasteiger partial charge in [-0.25, -0.2) is 4.98 Å². The molecule has 0 aliphatic heterocycles. The number of nitrogens with one attached hydrogen (secondary N) is 1. The summed E-state index contributed by atoms with van der Waals surface area (Å²) in [6.07, 6.45) is 4.76. The number of aryl methyl sites for hydroxylation is 2. The molecule has 1 aromatic carbocycles. The molecule has 1 heterocycles. The third-order valence-electron chi connectivity index (χ3n) is 3.44. The first kappa shape index (κ1) is 15.8. The van der Waals surface area contributed by atoms with E-state index in [1.165, 1.54) is 5.56 Å². The molecule has 3 heteroatoms. The van der Waals surface area contributed by atoms with Crippen molar-refractivity contribution in [3.8, 4) is 11.3 Å². The first-order valence-corrected chi connectivity index (χ1v) is 7.77. The van der Waals surface area contributed by atoms with E-state index in [9.17, 15) is 0 Å². The third kappa shape index (κ3) is 4.71. The zero-order chi connectivity index (χ0) is 15.3. The molecule has 0 fully saturated rings. The van der Waals surface area contributed by atoms with Gasteiger partial charge in [-0.05, 0) is 45.7 Å². The lowest BCUT2D eigenvalue weighted by molar-refractivity contribution is 0.412. The fourth-order valence-corrected chi connectivity index (χ4v) is 2.32. The van der Waals surface area contributed by atoms with Crippen molar-refractivity contribution < 1.29 is 4.42 Å². The largest absolute Gasteiger partial charge is 0.441 e. The number of benzene rings is 1. The Kier molecular flexibility index (Phi) is 5.18. The molecule has 1 N–H and O–H groups in total. The minimum absolute atomic E-state index is 0.168. The number of hydrogen-bond acceptors (Lipinski definition) is 3. The second-order valence-electron chi connectivity index (χ2n) is 6.41. The van der Waals surface area contributed by atoms with Gasteiger partial charge in [-0.3, -0.25) is 0 Å². The molecule has 0 unspecified atom stereocenters. The smallest absolute Gasteiger partial charge is 0.194 e. The molecule has 0 aliphatic rings. The number of rotatable bonds is 6. The van der Waals surface area contributed by atoms with Crippen LogP contribution in [0.4, 0.5) is 0 Å². The van der Waals surface area contributed by atoms with E-state index in [1.54, 1.807) is 0 Å². The Balaban J connectivity index is 1.95. The van der Waals surface area contributed by atoms with E-state index in [1.807, 2.05) is 12.3 Å². The molecule has 0 saturated heterocycles. The van der Waals surface area contributed by atoms with Gasteiger partial charge in [-0.2, -0.15) is 0 Å². The molecule has 2 rings (SSSR count). The van der Waals surface area contributed by atoms with Crippen molar-refractivity contribution in [2.24, 2.45) is 0 Å². The fraction of sp³-hybridized carbons (Fsp3) is 0.500. The molecular formula is C18H26N2O. The highest BCUT2D eigenvalue weighted by molar-refractivity contribution is 5.61. The number of oxazole rings is 1. The summed E-state index contributed by atoms with van der Waals surface area (Å²) in [4.78, 5) is 4.41. The van der Waals surface area contributed by atoms with Crippen LogP contribution < -0.4 is 5.32 Å². The molecule has 0 spiro atoms. The Hall–Kier alpha value is -1.61. The first-order valence-electron chi connectivity index (χ1n) is 7.77. The molecule has 0 atom stereocenters. The highest BCUT2D eigenvalue weighted by Crippen LogP contribution is 2.25. The van der Waals surface area contributed by atoms with E-state index >= 15 is 0 Å². The van der Waals surface area contributed by atoms with Crippen molar-refractivity contribution in [2.45, 2.75) is 52.5 Å². The lowest BCUT2D eigenvalue weighted by Crippen LogP contribution is -2.36. The molecule has 3 nitrogen and oxygen atoms in total. The fourth-order valence-electron chi connectivity index (χ4n) is 2.32. The Morgan fingerprint density at radius 1 is 1.19 bits per heavy atom. The standard InChI is InChI=1S/C18H26N2O/c1-5-14-9-6-7-10-15(14)16-13-19-17(21-16)11-8-12-20-18(2,3)4/h6-7,9-10,13,20H,5,8,11-12H2,1-4H3. The van der Waals surface area contributed by atoms with Crippen molar-refractivity contribution in [1.82, 2.24) is 10.3 Å². The molecule has 21 heavy (non-hydrogen) atoms. The van der Waals surface area contributed by atoms with Crippen LogP contribution in [0.15, 0.2) is 34.9 Å². The minimum atomic E-state index is 0.168. The third-order valence-corrected chi connectivity index (χ3v) is 3.44. The maximum atomic E-state index is 5.91. The van der Waals surface area contributed by atoms with E-state index in [4.69, 9.17) is 4.42 Å². The van der Waals surface area contributed by atoms with Crippen LogP contribution in [0.5, 0.6) is 0 Å². The van der Waals surface area contributed by atoms with Crippen molar-refractivity contribution >= 4 is 0 Å². The SMILES string of the molecule is CCc1ccccc1-c1cnc(CCCNC(C)(C)C)o1. The summed E-state index contributed by atoms with van der Waals surface area (Å²) in [5, 5.41) is 3.48. The summed E-state index contributed by atoms with van der Waals surface area (Å²) in [7, 11) is 0. The van der Waals surface area contributed by atoms with Gasteiger partial charge < -0.3 is 9.73 Å². The van der Waals surface area contributed by atoms with E-state index < -0.39 is 0 Å². The Morgan fingerprint density at radius 2 is 1.95 bits per heavy atom. The van der Waals surface area contributed by atoms with Gasteiger partial charge in [0.2, 0.25) is 0 Å². The maximum Gasteiger partial charge on any atom is 0.194 e. The Labute approximate surface area is 127 Å². The van der Waals surface area contributed by atoms with Crippen molar-refractivity contribution in [1.29, 1.82) is 0 Å². The lowest BCUT2D eigenvalue weighted by atomic mass is 10.0.